The van der Waals surface area contributed by atoms with E-state index in [1.807, 2.05) is 0 Å². The van der Waals surface area contributed by atoms with Crippen molar-refractivity contribution in [3.05, 3.63) is 11.6 Å². The molecule has 100 valence electrons. The summed E-state index contributed by atoms with van der Waals surface area (Å²) in [4.78, 5) is 30.8. The highest BCUT2D eigenvalue weighted by molar-refractivity contribution is 8.14. The third kappa shape index (κ3) is 4.77. The molecule has 0 aliphatic heterocycles. The molecule has 0 radical (unpaired) electrons. The fourth-order valence-electron chi connectivity index (χ4n) is 2.02. The van der Waals surface area contributed by atoms with Crippen molar-refractivity contribution in [1.82, 2.24) is 0 Å². The maximum Gasteiger partial charge on any atom is 0.186 e. The van der Waals surface area contributed by atoms with E-state index < -0.39 is 0 Å². The lowest BCUT2D eigenvalue weighted by molar-refractivity contribution is -0.109. The summed E-state index contributed by atoms with van der Waals surface area (Å²) in [5.41, 5.74) is 1.31. The molecule has 0 bridgehead atoms. The fourth-order valence-corrected chi connectivity index (χ4v) is 3.27. The van der Waals surface area contributed by atoms with Crippen molar-refractivity contribution in [2.75, 3.05) is 0 Å². The smallest absolute Gasteiger partial charge is 0.186 e. The first-order chi connectivity index (χ1) is 8.62. The van der Waals surface area contributed by atoms with Crippen molar-refractivity contribution in [3.63, 3.8) is 0 Å². The molecule has 2 saturated carbocycles. The Hall–Kier alpha value is -0.900. The van der Waals surface area contributed by atoms with Crippen LogP contribution in [0.2, 0.25) is 0 Å². The van der Waals surface area contributed by atoms with Crippen LogP contribution in [-0.4, -0.2) is 22.4 Å². The monoisotopic (exact) mass is 268 g/mol. The highest BCUT2D eigenvalue weighted by atomic mass is 32.2. The van der Waals surface area contributed by atoms with Gasteiger partial charge < -0.3 is 4.79 Å². The molecule has 0 spiro atoms. The van der Waals surface area contributed by atoms with E-state index in [9.17, 15) is 14.4 Å². The molecule has 0 aromatic heterocycles. The molecule has 2 fully saturated rings. The standard InChI is InChI=1S/C8H12O2S.C6H8O/c1-7(10)11-8(5-6-9)3-2-4-8;7-5-4-6-2-1-3-6/h6H,2-5H2,1H3;4-5H,1-3H2. The van der Waals surface area contributed by atoms with Gasteiger partial charge in [0.05, 0.1) is 0 Å². The molecule has 0 amide bonds. The molecule has 3 nitrogen and oxygen atoms in total. The maximum atomic E-state index is 10.8. The summed E-state index contributed by atoms with van der Waals surface area (Å²) < 4.78 is -0.00637. The van der Waals surface area contributed by atoms with Crippen molar-refractivity contribution < 1.29 is 14.4 Å². The van der Waals surface area contributed by atoms with Crippen LogP contribution in [0.15, 0.2) is 11.6 Å². The molecule has 0 saturated heterocycles. The summed E-state index contributed by atoms with van der Waals surface area (Å²) in [6.07, 6.45) is 10.8. The third-order valence-electron chi connectivity index (χ3n) is 3.38. The lowest BCUT2D eigenvalue weighted by Crippen LogP contribution is -2.34. The number of aldehydes is 2. The van der Waals surface area contributed by atoms with E-state index in [4.69, 9.17) is 0 Å². The van der Waals surface area contributed by atoms with Crippen LogP contribution in [0, 0.1) is 0 Å². The minimum atomic E-state index is -0.00637. The van der Waals surface area contributed by atoms with Gasteiger partial charge in [-0.3, -0.25) is 9.59 Å². The molecule has 0 unspecified atom stereocenters. The summed E-state index contributed by atoms with van der Waals surface area (Å²) in [7, 11) is 0. The summed E-state index contributed by atoms with van der Waals surface area (Å²) in [6.45, 7) is 1.57. The Bertz CT molecular complexity index is 337. The second-order valence-corrected chi connectivity index (χ2v) is 6.46. The van der Waals surface area contributed by atoms with Gasteiger partial charge >= 0.3 is 0 Å². The molecule has 0 aromatic carbocycles. The Morgan fingerprint density at radius 3 is 2.17 bits per heavy atom. The average Bonchev–Trinajstić information content (AvgIpc) is 2.21. The Morgan fingerprint density at radius 2 is 1.94 bits per heavy atom. The van der Waals surface area contributed by atoms with E-state index >= 15 is 0 Å². The van der Waals surface area contributed by atoms with Crippen molar-refractivity contribution in [2.24, 2.45) is 0 Å². The van der Waals surface area contributed by atoms with Crippen molar-refractivity contribution in [1.29, 1.82) is 0 Å². The van der Waals surface area contributed by atoms with Crippen LogP contribution in [0.5, 0.6) is 0 Å². The summed E-state index contributed by atoms with van der Waals surface area (Å²) in [6, 6.07) is 0. The van der Waals surface area contributed by atoms with Gasteiger partial charge in [-0.05, 0) is 38.2 Å². The SMILES string of the molecule is CC(=O)SC1(CC=O)CCC1.O=CC=C1CCC1. The van der Waals surface area contributed by atoms with Crippen molar-refractivity contribution in [3.8, 4) is 0 Å². The molecule has 0 atom stereocenters. The van der Waals surface area contributed by atoms with Crippen LogP contribution in [-0.2, 0) is 14.4 Å². The first-order valence-electron chi connectivity index (χ1n) is 6.38. The quantitative estimate of drug-likeness (QED) is 0.581. The molecular formula is C14H20O3S. The van der Waals surface area contributed by atoms with E-state index in [1.165, 1.54) is 23.8 Å². The molecule has 0 heterocycles. The summed E-state index contributed by atoms with van der Waals surface area (Å²) in [5, 5.41) is 0.131. The van der Waals surface area contributed by atoms with Gasteiger partial charge in [0.25, 0.3) is 0 Å². The van der Waals surface area contributed by atoms with Crippen LogP contribution in [0.1, 0.15) is 51.9 Å². The second kappa shape index (κ2) is 7.52. The first-order valence-corrected chi connectivity index (χ1v) is 7.20. The fraction of sp³-hybridized carbons (Fsp3) is 0.643. The molecule has 4 heteroatoms. The van der Waals surface area contributed by atoms with Crippen LogP contribution < -0.4 is 0 Å². The van der Waals surface area contributed by atoms with Crippen molar-refractivity contribution in [2.45, 2.75) is 56.6 Å². The van der Waals surface area contributed by atoms with Gasteiger partial charge in [0.15, 0.2) is 5.12 Å². The van der Waals surface area contributed by atoms with Gasteiger partial charge in [-0.25, -0.2) is 0 Å². The zero-order valence-corrected chi connectivity index (χ0v) is 11.6. The number of hydrogen-bond donors (Lipinski definition) is 0. The second-order valence-electron chi connectivity index (χ2n) is 4.82. The minimum absolute atomic E-state index is 0.00637. The normalized spacial score (nSPS) is 19.5. The van der Waals surface area contributed by atoms with Crippen LogP contribution in [0.3, 0.4) is 0 Å². The topological polar surface area (TPSA) is 51.2 Å². The molecule has 2 rings (SSSR count). The highest BCUT2D eigenvalue weighted by Gasteiger charge is 2.38. The molecule has 0 aromatic rings. The third-order valence-corrected chi connectivity index (χ3v) is 4.68. The number of allylic oxidation sites excluding steroid dienone is 2. The van der Waals surface area contributed by atoms with Crippen LogP contribution in [0.4, 0.5) is 0 Å². The van der Waals surface area contributed by atoms with E-state index in [-0.39, 0.29) is 9.86 Å². The summed E-state index contributed by atoms with van der Waals surface area (Å²) >= 11 is 1.34. The Labute approximate surface area is 112 Å². The molecular weight excluding hydrogens is 248 g/mol. The van der Waals surface area contributed by atoms with Gasteiger partial charge in [-0.1, -0.05) is 23.8 Å². The molecule has 2 aliphatic rings. The predicted molar refractivity (Wildman–Crippen MR) is 73.5 cm³/mol. The van der Waals surface area contributed by atoms with Gasteiger partial charge in [0.1, 0.15) is 12.6 Å². The molecule has 2 aliphatic carbocycles. The zero-order chi connectivity index (χ0) is 13.4. The lowest BCUT2D eigenvalue weighted by atomic mass is 9.82. The van der Waals surface area contributed by atoms with Gasteiger partial charge in [0.2, 0.25) is 0 Å². The van der Waals surface area contributed by atoms with Gasteiger partial charge in [-0.2, -0.15) is 0 Å². The van der Waals surface area contributed by atoms with Crippen LogP contribution >= 0.6 is 11.8 Å². The molecule has 18 heavy (non-hydrogen) atoms. The first kappa shape index (κ1) is 15.2. The Morgan fingerprint density at radius 1 is 1.28 bits per heavy atom. The maximum absolute atomic E-state index is 10.8. The Balaban J connectivity index is 0.000000199. The Kier molecular flexibility index (Phi) is 6.33. The number of thioether (sulfide) groups is 1. The van der Waals surface area contributed by atoms with Gasteiger partial charge in [0, 0.05) is 18.1 Å². The number of hydrogen-bond acceptors (Lipinski definition) is 4. The van der Waals surface area contributed by atoms with E-state index in [2.05, 4.69) is 0 Å². The largest absolute Gasteiger partial charge is 0.303 e. The van der Waals surface area contributed by atoms with Gasteiger partial charge in [-0.15, -0.1) is 0 Å². The lowest BCUT2D eigenvalue weighted by Gasteiger charge is -2.38. The number of rotatable bonds is 4. The average molecular weight is 268 g/mol. The van der Waals surface area contributed by atoms with Crippen molar-refractivity contribution >= 4 is 29.4 Å². The van der Waals surface area contributed by atoms with E-state index in [0.717, 1.165) is 44.7 Å². The van der Waals surface area contributed by atoms with Crippen LogP contribution in [0.25, 0.3) is 0 Å². The minimum Gasteiger partial charge on any atom is -0.303 e. The van der Waals surface area contributed by atoms with E-state index in [0.29, 0.717) is 6.42 Å². The van der Waals surface area contributed by atoms with E-state index in [1.54, 1.807) is 13.0 Å². The zero-order valence-electron chi connectivity index (χ0n) is 10.8. The summed E-state index contributed by atoms with van der Waals surface area (Å²) in [5.74, 6) is 0. The number of carbonyl (C=O) groups excluding carboxylic acids is 3. The predicted octanol–water partition coefficient (Wildman–Crippen LogP) is 3.07. The number of carbonyl (C=O) groups is 3. The molecule has 0 N–H and O–H groups in total. The highest BCUT2D eigenvalue weighted by Crippen LogP contribution is 2.46.